The molecule has 0 aliphatic rings. The molecular weight excluding hydrogens is 295 g/mol. The minimum absolute atomic E-state index is 0.0611. The maximum absolute atomic E-state index is 12.5. The van der Waals surface area contributed by atoms with Crippen LogP contribution in [0.3, 0.4) is 0 Å². The van der Waals surface area contributed by atoms with Gasteiger partial charge < -0.3 is 5.73 Å². The fraction of sp³-hybridized carbons (Fsp3) is 0.429. The molecule has 0 atom stereocenters. The Morgan fingerprint density at radius 3 is 2.40 bits per heavy atom. The van der Waals surface area contributed by atoms with Gasteiger partial charge in [-0.2, -0.15) is 13.2 Å². The molecule has 1 heterocycles. The molecule has 1 aromatic rings. The Bertz CT molecular complexity index is 369. The molecule has 15 heavy (non-hydrogen) atoms. The van der Waals surface area contributed by atoms with E-state index in [4.69, 9.17) is 5.73 Å². The first-order valence-corrected chi connectivity index (χ1v) is 5.79. The van der Waals surface area contributed by atoms with Gasteiger partial charge in [0.1, 0.15) is 0 Å². The van der Waals surface area contributed by atoms with E-state index in [0.29, 0.717) is 0 Å². The maximum Gasteiger partial charge on any atom is 0.434 e. The van der Waals surface area contributed by atoms with Crippen LogP contribution >= 0.6 is 27.7 Å². The van der Waals surface area contributed by atoms with Crippen molar-refractivity contribution >= 4 is 27.7 Å². The molecule has 84 valence electrons. The quantitative estimate of drug-likeness (QED) is 0.673. The van der Waals surface area contributed by atoms with Crippen LogP contribution in [0, 0.1) is 0 Å². The predicted molar refractivity (Wildman–Crippen MR) is 54.4 cm³/mol. The average molecular weight is 302 g/mol. The Kier molecular flexibility index (Phi) is 3.96. The number of halogens is 4. The first-order valence-electron chi connectivity index (χ1n) is 3.77. The summed E-state index contributed by atoms with van der Waals surface area (Å²) in [7, 11) is 0. The normalized spacial score (nSPS) is 11.9. The van der Waals surface area contributed by atoms with Crippen molar-refractivity contribution in [1.29, 1.82) is 0 Å². The van der Waals surface area contributed by atoms with Gasteiger partial charge in [-0.15, -0.1) is 0 Å². The van der Waals surface area contributed by atoms with Gasteiger partial charge in [0.05, 0.1) is 10.2 Å². The maximum atomic E-state index is 12.5. The number of rotatable bonds is 2. The summed E-state index contributed by atoms with van der Waals surface area (Å²) in [5.41, 5.74) is 4.46. The van der Waals surface area contributed by atoms with Gasteiger partial charge in [0.25, 0.3) is 0 Å². The highest BCUT2D eigenvalue weighted by Gasteiger charge is 2.36. The number of aromatic nitrogens is 2. The molecule has 0 aromatic carbocycles. The molecule has 0 unspecified atom stereocenters. The van der Waals surface area contributed by atoms with E-state index in [0.717, 1.165) is 11.8 Å². The van der Waals surface area contributed by atoms with Crippen LogP contribution in [-0.4, -0.2) is 16.2 Å². The predicted octanol–water partition coefficient (Wildman–Crippen LogP) is 2.44. The third-order valence-corrected chi connectivity index (χ3v) is 2.92. The summed E-state index contributed by atoms with van der Waals surface area (Å²) in [4.78, 5) is 7.26. The van der Waals surface area contributed by atoms with E-state index in [1.54, 1.807) is 6.26 Å². The highest BCUT2D eigenvalue weighted by atomic mass is 79.9. The number of nitrogens with zero attached hydrogens (tertiary/aromatic N) is 2. The summed E-state index contributed by atoms with van der Waals surface area (Å²) >= 11 is 3.85. The number of alkyl halides is 3. The Labute approximate surface area is 96.8 Å². The van der Waals surface area contributed by atoms with Crippen molar-refractivity contribution < 1.29 is 13.2 Å². The molecule has 8 heteroatoms. The van der Waals surface area contributed by atoms with Gasteiger partial charge in [0.2, 0.25) is 0 Å². The van der Waals surface area contributed by atoms with Gasteiger partial charge in [-0.3, -0.25) is 0 Å². The third kappa shape index (κ3) is 2.82. The Morgan fingerprint density at radius 2 is 2.00 bits per heavy atom. The zero-order valence-corrected chi connectivity index (χ0v) is 10.0. The van der Waals surface area contributed by atoms with Gasteiger partial charge in [-0.05, 0) is 22.2 Å². The monoisotopic (exact) mass is 301 g/mol. The lowest BCUT2D eigenvalue weighted by Gasteiger charge is -2.11. The summed E-state index contributed by atoms with van der Waals surface area (Å²) in [5, 5.41) is 0.0611. The smallest absolute Gasteiger partial charge is 0.325 e. The molecule has 1 aromatic heterocycles. The summed E-state index contributed by atoms with van der Waals surface area (Å²) < 4.78 is 37.3. The average Bonchev–Trinajstić information content (AvgIpc) is 2.16. The van der Waals surface area contributed by atoms with E-state index < -0.39 is 11.9 Å². The van der Waals surface area contributed by atoms with Crippen molar-refractivity contribution in [3.05, 3.63) is 15.9 Å². The molecule has 0 saturated carbocycles. The van der Waals surface area contributed by atoms with Crippen LogP contribution in [0.1, 0.15) is 11.4 Å². The summed E-state index contributed by atoms with van der Waals surface area (Å²) in [6, 6.07) is 0. The van der Waals surface area contributed by atoms with Crippen LogP contribution in [0.25, 0.3) is 0 Å². The van der Waals surface area contributed by atoms with Crippen LogP contribution < -0.4 is 5.73 Å². The van der Waals surface area contributed by atoms with E-state index in [-0.39, 0.29) is 21.9 Å². The van der Waals surface area contributed by atoms with E-state index in [1.807, 2.05) is 0 Å². The van der Waals surface area contributed by atoms with E-state index in [9.17, 15) is 13.2 Å². The minimum atomic E-state index is -4.50. The van der Waals surface area contributed by atoms with Crippen molar-refractivity contribution in [2.45, 2.75) is 17.9 Å². The molecule has 0 aliphatic heterocycles. The number of hydrogen-bond donors (Lipinski definition) is 1. The third-order valence-electron chi connectivity index (χ3n) is 1.54. The van der Waals surface area contributed by atoms with E-state index >= 15 is 0 Å². The van der Waals surface area contributed by atoms with Crippen molar-refractivity contribution in [3.63, 3.8) is 0 Å². The lowest BCUT2D eigenvalue weighted by atomic mass is 10.3. The fourth-order valence-corrected chi connectivity index (χ4v) is 1.83. The molecule has 0 saturated heterocycles. The van der Waals surface area contributed by atoms with Crippen molar-refractivity contribution in [2.75, 3.05) is 6.26 Å². The van der Waals surface area contributed by atoms with E-state index in [1.165, 1.54) is 0 Å². The summed E-state index contributed by atoms with van der Waals surface area (Å²) in [6.45, 7) is -0.0697. The first-order chi connectivity index (χ1) is 6.90. The van der Waals surface area contributed by atoms with Crippen molar-refractivity contribution in [3.8, 4) is 0 Å². The molecule has 0 bridgehead atoms. The number of nitrogens with two attached hydrogens (primary N) is 1. The Hall–Kier alpha value is -0.340. The summed E-state index contributed by atoms with van der Waals surface area (Å²) in [5.74, 6) is 0. The zero-order chi connectivity index (χ0) is 11.6. The fourth-order valence-electron chi connectivity index (χ4n) is 0.885. The number of thioether (sulfide) groups is 1. The second-order valence-corrected chi connectivity index (χ2v) is 4.09. The molecule has 0 radical (unpaired) electrons. The van der Waals surface area contributed by atoms with Crippen LogP contribution in [0.2, 0.25) is 0 Å². The standard InChI is InChI=1S/C7H7BrF3N3S/c1-15-6-13-3(2-12)4(8)5(14-6)7(9,10)11/h2,12H2,1H3. The van der Waals surface area contributed by atoms with Gasteiger partial charge in [-0.25, -0.2) is 9.97 Å². The molecular formula is C7H7BrF3N3S. The van der Waals surface area contributed by atoms with Crippen molar-refractivity contribution in [2.24, 2.45) is 5.73 Å². The molecule has 2 N–H and O–H groups in total. The van der Waals surface area contributed by atoms with Crippen LogP contribution in [0.5, 0.6) is 0 Å². The minimum Gasteiger partial charge on any atom is -0.325 e. The molecule has 0 fully saturated rings. The van der Waals surface area contributed by atoms with Gasteiger partial charge in [0.15, 0.2) is 10.9 Å². The van der Waals surface area contributed by atoms with Crippen LogP contribution in [-0.2, 0) is 12.7 Å². The van der Waals surface area contributed by atoms with Crippen LogP contribution in [0.4, 0.5) is 13.2 Å². The zero-order valence-electron chi connectivity index (χ0n) is 7.60. The highest BCUT2D eigenvalue weighted by Crippen LogP contribution is 2.35. The summed E-state index contributed by atoms with van der Waals surface area (Å²) in [6.07, 6.45) is -2.90. The lowest BCUT2D eigenvalue weighted by molar-refractivity contribution is -0.142. The van der Waals surface area contributed by atoms with Gasteiger partial charge in [-0.1, -0.05) is 11.8 Å². The topological polar surface area (TPSA) is 51.8 Å². The number of hydrogen-bond acceptors (Lipinski definition) is 4. The molecule has 0 spiro atoms. The largest absolute Gasteiger partial charge is 0.434 e. The Morgan fingerprint density at radius 1 is 1.40 bits per heavy atom. The molecule has 3 nitrogen and oxygen atoms in total. The molecule has 0 aliphatic carbocycles. The van der Waals surface area contributed by atoms with Gasteiger partial charge in [0, 0.05) is 6.54 Å². The second-order valence-electron chi connectivity index (χ2n) is 2.52. The van der Waals surface area contributed by atoms with Gasteiger partial charge >= 0.3 is 6.18 Å². The lowest BCUT2D eigenvalue weighted by Crippen LogP contribution is -2.14. The Balaban J connectivity index is 3.37. The first kappa shape index (κ1) is 12.7. The second kappa shape index (κ2) is 4.67. The highest BCUT2D eigenvalue weighted by molar-refractivity contribution is 9.10. The molecule has 0 amide bonds. The molecule has 1 rings (SSSR count). The SMILES string of the molecule is CSc1nc(CN)c(Br)c(C(F)(F)F)n1. The van der Waals surface area contributed by atoms with Crippen molar-refractivity contribution in [1.82, 2.24) is 9.97 Å². The van der Waals surface area contributed by atoms with Crippen LogP contribution in [0.15, 0.2) is 9.63 Å². The van der Waals surface area contributed by atoms with E-state index in [2.05, 4.69) is 25.9 Å².